The van der Waals surface area contributed by atoms with Crippen LogP contribution in [0.3, 0.4) is 0 Å². The molecule has 0 radical (unpaired) electrons. The molecule has 3 rings (SSSR count). The summed E-state index contributed by atoms with van der Waals surface area (Å²) in [4.78, 5) is 14.9. The third kappa shape index (κ3) is 2.71. The van der Waals surface area contributed by atoms with Crippen LogP contribution >= 0.6 is 0 Å². The van der Waals surface area contributed by atoms with Gasteiger partial charge in [0.15, 0.2) is 0 Å². The van der Waals surface area contributed by atoms with Gasteiger partial charge in [-0.25, -0.2) is 0 Å². The molecule has 0 aromatic heterocycles. The molecule has 3 aliphatic rings. The highest BCUT2D eigenvalue weighted by Crippen LogP contribution is 2.43. The Morgan fingerprint density at radius 1 is 1.21 bits per heavy atom. The second-order valence-electron chi connectivity index (χ2n) is 6.80. The molecule has 1 heterocycles. The van der Waals surface area contributed by atoms with Gasteiger partial charge in [-0.1, -0.05) is 12.2 Å². The number of nitrogens with zero attached hydrogens (tertiary/aromatic N) is 1. The topological polar surface area (TPSA) is 32.3 Å². The lowest BCUT2D eigenvalue weighted by Crippen LogP contribution is -2.48. The number of hydrogen-bond acceptors (Lipinski definition) is 2. The molecular formula is C16H26N2O. The van der Waals surface area contributed by atoms with Gasteiger partial charge in [0.2, 0.25) is 5.91 Å². The van der Waals surface area contributed by atoms with Gasteiger partial charge in [0.1, 0.15) is 0 Å². The molecule has 3 atom stereocenters. The molecular weight excluding hydrogens is 236 g/mol. The zero-order valence-electron chi connectivity index (χ0n) is 12.1. The van der Waals surface area contributed by atoms with Crippen molar-refractivity contribution >= 4 is 5.91 Å². The highest BCUT2D eigenvalue weighted by molar-refractivity contribution is 5.80. The maximum absolute atomic E-state index is 12.4. The highest BCUT2D eigenvalue weighted by Gasteiger charge is 2.40. The first-order valence-corrected chi connectivity index (χ1v) is 7.86. The summed E-state index contributed by atoms with van der Waals surface area (Å²) >= 11 is 0. The Kier molecular flexibility index (Phi) is 3.66. The summed E-state index contributed by atoms with van der Waals surface area (Å²) in [6, 6.07) is 1.04. The van der Waals surface area contributed by atoms with Crippen LogP contribution in [0.2, 0.25) is 0 Å². The van der Waals surface area contributed by atoms with Crippen LogP contribution in [-0.2, 0) is 4.79 Å². The predicted molar refractivity (Wildman–Crippen MR) is 76.7 cm³/mol. The lowest BCUT2D eigenvalue weighted by Gasteiger charge is -2.35. The van der Waals surface area contributed by atoms with E-state index in [0.29, 0.717) is 29.8 Å². The number of carbonyl (C=O) groups excluding carboxylic acids is 1. The second kappa shape index (κ2) is 5.28. The lowest BCUT2D eigenvalue weighted by molar-refractivity contribution is -0.126. The van der Waals surface area contributed by atoms with Gasteiger partial charge < -0.3 is 10.2 Å². The minimum absolute atomic E-state index is 0.262. The molecule has 0 spiro atoms. The number of nitrogens with one attached hydrogen (secondary N) is 1. The van der Waals surface area contributed by atoms with E-state index < -0.39 is 0 Å². The first-order chi connectivity index (χ1) is 9.13. The van der Waals surface area contributed by atoms with E-state index in [1.54, 1.807) is 0 Å². The number of carbonyl (C=O) groups is 1. The summed E-state index contributed by atoms with van der Waals surface area (Å²) in [6.07, 6.45) is 9.08. The largest absolute Gasteiger partial charge is 0.353 e. The van der Waals surface area contributed by atoms with Crippen LogP contribution in [0.15, 0.2) is 12.2 Å². The van der Waals surface area contributed by atoms with E-state index in [9.17, 15) is 4.79 Å². The van der Waals surface area contributed by atoms with Crippen LogP contribution in [-0.4, -0.2) is 36.0 Å². The fourth-order valence-corrected chi connectivity index (χ4v) is 3.95. The van der Waals surface area contributed by atoms with Gasteiger partial charge in [0.05, 0.1) is 0 Å². The van der Waals surface area contributed by atoms with Crippen molar-refractivity contribution in [3.8, 4) is 0 Å². The number of amides is 1. The Bertz CT molecular complexity index is 369. The van der Waals surface area contributed by atoms with E-state index in [2.05, 4.69) is 36.2 Å². The molecule has 3 unspecified atom stereocenters. The molecule has 19 heavy (non-hydrogen) atoms. The molecule has 2 aliphatic carbocycles. The Balaban J connectivity index is 1.47. The maximum atomic E-state index is 12.4. The summed E-state index contributed by atoms with van der Waals surface area (Å²) in [6.45, 7) is 6.75. The number of rotatable bonds is 3. The lowest BCUT2D eigenvalue weighted by atomic mass is 9.92. The van der Waals surface area contributed by atoms with Crippen molar-refractivity contribution in [2.45, 2.75) is 51.6 Å². The van der Waals surface area contributed by atoms with Crippen LogP contribution in [0, 0.1) is 17.8 Å². The molecule has 106 valence electrons. The molecule has 2 fully saturated rings. The van der Waals surface area contributed by atoms with E-state index in [1.165, 1.54) is 6.42 Å². The number of fused-ring (bicyclic) bond motifs is 2. The number of piperidine rings is 1. The molecule has 1 N–H and O–H groups in total. The van der Waals surface area contributed by atoms with Crippen LogP contribution in [0.4, 0.5) is 0 Å². The molecule has 3 nitrogen and oxygen atoms in total. The molecule has 1 saturated heterocycles. The van der Waals surface area contributed by atoms with Crippen LogP contribution < -0.4 is 5.32 Å². The van der Waals surface area contributed by atoms with E-state index in [0.717, 1.165) is 32.4 Å². The number of allylic oxidation sites excluding steroid dienone is 2. The van der Waals surface area contributed by atoms with E-state index >= 15 is 0 Å². The van der Waals surface area contributed by atoms with Gasteiger partial charge >= 0.3 is 0 Å². The summed E-state index contributed by atoms with van der Waals surface area (Å²) in [7, 11) is 0. The quantitative estimate of drug-likeness (QED) is 0.791. The first-order valence-electron chi connectivity index (χ1n) is 7.86. The van der Waals surface area contributed by atoms with Crippen molar-refractivity contribution in [2.24, 2.45) is 17.8 Å². The molecule has 1 aliphatic heterocycles. The van der Waals surface area contributed by atoms with Gasteiger partial charge in [-0.05, 0) is 51.4 Å². The SMILES string of the molecule is CC(C)N1CCC(NC(=O)C2CC3C=CC2C3)CC1. The van der Waals surface area contributed by atoms with Gasteiger partial charge in [-0.2, -0.15) is 0 Å². The Morgan fingerprint density at radius 2 is 1.95 bits per heavy atom. The van der Waals surface area contributed by atoms with Gasteiger partial charge in [0.25, 0.3) is 0 Å². The smallest absolute Gasteiger partial charge is 0.223 e. The van der Waals surface area contributed by atoms with Crippen molar-refractivity contribution in [1.29, 1.82) is 0 Å². The van der Waals surface area contributed by atoms with E-state index in [1.807, 2.05) is 0 Å². The normalized spacial score (nSPS) is 35.2. The second-order valence-corrected chi connectivity index (χ2v) is 6.80. The molecule has 0 aromatic carbocycles. The van der Waals surface area contributed by atoms with Crippen molar-refractivity contribution in [3.63, 3.8) is 0 Å². The van der Waals surface area contributed by atoms with E-state index in [-0.39, 0.29) is 5.92 Å². The average Bonchev–Trinajstić information content (AvgIpc) is 3.01. The molecule has 3 heteroatoms. The van der Waals surface area contributed by atoms with Crippen molar-refractivity contribution in [1.82, 2.24) is 10.2 Å². The summed E-state index contributed by atoms with van der Waals surface area (Å²) in [5.41, 5.74) is 0. The molecule has 1 amide bonds. The Hall–Kier alpha value is -0.830. The molecule has 2 bridgehead atoms. The summed E-state index contributed by atoms with van der Waals surface area (Å²) < 4.78 is 0. The number of likely N-dealkylation sites (tertiary alicyclic amines) is 1. The molecule has 0 aromatic rings. The third-order valence-electron chi connectivity index (χ3n) is 5.22. The highest BCUT2D eigenvalue weighted by atomic mass is 16.2. The van der Waals surface area contributed by atoms with Gasteiger partial charge in [0, 0.05) is 31.1 Å². The van der Waals surface area contributed by atoms with Crippen molar-refractivity contribution in [3.05, 3.63) is 12.2 Å². The monoisotopic (exact) mass is 262 g/mol. The van der Waals surface area contributed by atoms with Gasteiger partial charge in [-0.3, -0.25) is 4.79 Å². The summed E-state index contributed by atoms with van der Waals surface area (Å²) in [5.74, 6) is 1.79. The maximum Gasteiger partial charge on any atom is 0.223 e. The van der Waals surface area contributed by atoms with E-state index in [4.69, 9.17) is 0 Å². The number of hydrogen-bond donors (Lipinski definition) is 1. The Morgan fingerprint density at radius 3 is 2.47 bits per heavy atom. The van der Waals surface area contributed by atoms with Gasteiger partial charge in [-0.15, -0.1) is 0 Å². The Labute approximate surface area is 116 Å². The summed E-state index contributed by atoms with van der Waals surface area (Å²) in [5, 5.41) is 3.31. The van der Waals surface area contributed by atoms with Crippen LogP contribution in [0.25, 0.3) is 0 Å². The fraction of sp³-hybridized carbons (Fsp3) is 0.812. The van der Waals surface area contributed by atoms with Crippen molar-refractivity contribution < 1.29 is 4.79 Å². The standard InChI is InChI=1S/C16H26N2O/c1-11(2)18-7-5-14(6-8-18)17-16(19)15-10-12-3-4-13(15)9-12/h3-4,11-15H,5-10H2,1-2H3,(H,17,19). The van der Waals surface area contributed by atoms with Crippen LogP contribution in [0.5, 0.6) is 0 Å². The first kappa shape index (κ1) is 13.2. The third-order valence-corrected chi connectivity index (χ3v) is 5.22. The predicted octanol–water partition coefficient (Wildman–Crippen LogP) is 2.19. The minimum Gasteiger partial charge on any atom is -0.353 e. The molecule has 1 saturated carbocycles. The zero-order chi connectivity index (χ0) is 13.4. The van der Waals surface area contributed by atoms with Crippen LogP contribution in [0.1, 0.15) is 39.5 Å². The fourth-order valence-electron chi connectivity index (χ4n) is 3.95. The average molecular weight is 262 g/mol. The zero-order valence-corrected chi connectivity index (χ0v) is 12.1. The van der Waals surface area contributed by atoms with Crippen molar-refractivity contribution in [2.75, 3.05) is 13.1 Å². The minimum atomic E-state index is 0.262.